The maximum absolute atomic E-state index is 10.8. The minimum atomic E-state index is -1.71. The maximum Gasteiger partial charge on any atom is 0.190 e. The lowest BCUT2D eigenvalue weighted by Crippen LogP contribution is -2.60. The van der Waals surface area contributed by atoms with Gasteiger partial charge in [-0.2, -0.15) is 0 Å². The monoisotopic (exact) mass is 244 g/mol. The van der Waals surface area contributed by atoms with E-state index in [1.165, 1.54) is 0 Å². The second-order valence-electron chi connectivity index (χ2n) is 7.09. The molecule has 1 heterocycles. The first-order valence-corrected chi connectivity index (χ1v) is 9.53. The summed E-state index contributed by atoms with van der Waals surface area (Å²) < 4.78 is 6.33. The summed E-state index contributed by atoms with van der Waals surface area (Å²) in [4.78, 5) is 0. The molecule has 0 aliphatic carbocycles. The Kier molecular flexibility index (Phi) is 3.65. The minimum Gasteiger partial charge on any atom is -0.413 e. The van der Waals surface area contributed by atoms with Gasteiger partial charge in [0.15, 0.2) is 8.32 Å². The first-order valence-electron chi connectivity index (χ1n) is 6.42. The van der Waals surface area contributed by atoms with Crippen molar-refractivity contribution in [1.29, 1.82) is 0 Å². The average molecular weight is 244 g/mol. The number of hydrogen-bond acceptors (Lipinski definition) is 2. The lowest BCUT2D eigenvalue weighted by Gasteiger charge is -2.53. The number of aliphatic hydroxyl groups is 1. The van der Waals surface area contributed by atoms with E-state index in [9.17, 15) is 5.11 Å². The van der Waals surface area contributed by atoms with Crippen LogP contribution in [0.2, 0.25) is 19.1 Å². The van der Waals surface area contributed by atoms with Crippen LogP contribution in [0.3, 0.4) is 0 Å². The van der Waals surface area contributed by atoms with E-state index in [1.807, 2.05) is 0 Å². The summed E-state index contributed by atoms with van der Waals surface area (Å²) in [7, 11) is -1.71. The first-order chi connectivity index (χ1) is 7.02. The lowest BCUT2D eigenvalue weighted by atomic mass is 9.74. The second kappa shape index (κ2) is 4.11. The van der Waals surface area contributed by atoms with Crippen LogP contribution in [-0.2, 0) is 4.43 Å². The molecule has 0 saturated carbocycles. The van der Waals surface area contributed by atoms with Crippen LogP contribution in [0.5, 0.6) is 0 Å². The Morgan fingerprint density at radius 1 is 1.38 bits per heavy atom. The molecule has 2 nitrogen and oxygen atoms in total. The lowest BCUT2D eigenvalue weighted by molar-refractivity contribution is -0.105. The molecule has 1 N–H and O–H groups in total. The Balaban J connectivity index is 3.04. The van der Waals surface area contributed by atoms with Crippen LogP contribution in [0.15, 0.2) is 0 Å². The van der Waals surface area contributed by atoms with Crippen molar-refractivity contribution < 1.29 is 9.53 Å². The normalized spacial score (nSPS) is 39.8. The van der Waals surface area contributed by atoms with Crippen molar-refractivity contribution >= 4 is 8.32 Å². The van der Waals surface area contributed by atoms with Gasteiger partial charge in [-0.1, -0.05) is 34.6 Å². The van der Waals surface area contributed by atoms with Gasteiger partial charge in [0.1, 0.15) is 0 Å². The van der Waals surface area contributed by atoms with Gasteiger partial charge in [0.05, 0.1) is 11.7 Å². The molecule has 0 unspecified atom stereocenters. The molecule has 0 amide bonds. The second-order valence-corrected chi connectivity index (χ2v) is 11.2. The Labute approximate surface area is 102 Å². The highest BCUT2D eigenvalue weighted by atomic mass is 28.4. The molecular weight excluding hydrogens is 216 g/mol. The maximum atomic E-state index is 10.8. The van der Waals surface area contributed by atoms with Crippen LogP contribution in [0.25, 0.3) is 0 Å². The zero-order valence-corrected chi connectivity index (χ0v) is 12.9. The van der Waals surface area contributed by atoms with Crippen molar-refractivity contribution in [1.82, 2.24) is 0 Å². The Bertz CT molecular complexity index is 257. The first kappa shape index (κ1) is 14.2. The molecule has 96 valence electrons. The zero-order chi connectivity index (χ0) is 12.8. The summed E-state index contributed by atoms with van der Waals surface area (Å²) in [6, 6.07) is 0.865. The molecule has 0 aromatic rings. The molecule has 3 atom stereocenters. The van der Waals surface area contributed by atoms with Gasteiger partial charge in [-0.05, 0) is 31.0 Å². The van der Waals surface area contributed by atoms with Crippen LogP contribution < -0.4 is 0 Å². The van der Waals surface area contributed by atoms with Crippen LogP contribution in [0.4, 0.5) is 0 Å². The van der Waals surface area contributed by atoms with E-state index in [0.717, 1.165) is 12.5 Å². The Hall–Kier alpha value is 0.137. The highest BCUT2D eigenvalue weighted by Crippen LogP contribution is 2.45. The van der Waals surface area contributed by atoms with E-state index in [-0.39, 0.29) is 17.4 Å². The van der Waals surface area contributed by atoms with Gasteiger partial charge in [0.2, 0.25) is 0 Å². The highest BCUT2D eigenvalue weighted by Gasteiger charge is 2.52. The fourth-order valence-corrected chi connectivity index (χ4v) is 6.42. The van der Waals surface area contributed by atoms with Gasteiger partial charge < -0.3 is 9.53 Å². The van der Waals surface area contributed by atoms with Crippen LogP contribution in [0.1, 0.15) is 41.0 Å². The average Bonchev–Trinajstić information content (AvgIpc) is 2.09. The molecule has 1 saturated heterocycles. The molecule has 0 aromatic carbocycles. The minimum absolute atomic E-state index is 0.104. The summed E-state index contributed by atoms with van der Waals surface area (Å²) >= 11 is 0. The fraction of sp³-hybridized carbons (Fsp3) is 1.00. The predicted octanol–water partition coefficient (Wildman–Crippen LogP) is 3.41. The summed E-state index contributed by atoms with van der Waals surface area (Å²) in [6.07, 6.45) is 1.01. The Morgan fingerprint density at radius 3 is 2.25 bits per heavy atom. The van der Waals surface area contributed by atoms with E-state index < -0.39 is 13.9 Å². The molecule has 0 bridgehead atoms. The summed E-state index contributed by atoms with van der Waals surface area (Å²) in [5.74, 6) is 0.220. The summed E-state index contributed by atoms with van der Waals surface area (Å²) in [5.41, 5.74) is -0.417. The third-order valence-corrected chi connectivity index (χ3v) is 6.30. The summed E-state index contributed by atoms with van der Waals surface area (Å²) in [5, 5.41) is 10.8. The van der Waals surface area contributed by atoms with Crippen molar-refractivity contribution in [2.45, 2.75) is 71.9 Å². The molecule has 0 radical (unpaired) electrons. The quantitative estimate of drug-likeness (QED) is 0.716. The molecule has 1 fully saturated rings. The number of hydrogen-bond donors (Lipinski definition) is 1. The Morgan fingerprint density at radius 2 is 1.88 bits per heavy atom. The van der Waals surface area contributed by atoms with Crippen LogP contribution in [0, 0.1) is 11.3 Å². The largest absolute Gasteiger partial charge is 0.413 e. The number of rotatable bonds is 1. The van der Waals surface area contributed by atoms with Crippen molar-refractivity contribution in [3.05, 3.63) is 0 Å². The fourth-order valence-electron chi connectivity index (χ4n) is 3.04. The predicted molar refractivity (Wildman–Crippen MR) is 71.0 cm³/mol. The van der Waals surface area contributed by atoms with Crippen molar-refractivity contribution in [2.24, 2.45) is 11.3 Å². The molecule has 1 aliphatic rings. The van der Waals surface area contributed by atoms with Crippen molar-refractivity contribution in [3.8, 4) is 0 Å². The van der Waals surface area contributed by atoms with Gasteiger partial charge in [-0.25, -0.2) is 0 Å². The van der Waals surface area contributed by atoms with Crippen molar-refractivity contribution in [2.75, 3.05) is 0 Å². The molecule has 3 heteroatoms. The molecular formula is C13H28O2Si. The molecule has 0 aromatic heterocycles. The van der Waals surface area contributed by atoms with Gasteiger partial charge in [-0.15, -0.1) is 0 Å². The molecule has 1 aliphatic heterocycles. The SMILES string of the molecule is CC[C@@]1(O)C[Si](C)(C)O[C@@H](C(C)(C)C)[C@H]1C. The van der Waals surface area contributed by atoms with Gasteiger partial charge >= 0.3 is 0 Å². The molecule has 0 spiro atoms. The van der Waals surface area contributed by atoms with E-state index in [1.54, 1.807) is 0 Å². The van der Waals surface area contributed by atoms with E-state index in [0.29, 0.717) is 0 Å². The van der Waals surface area contributed by atoms with Gasteiger partial charge in [0, 0.05) is 5.92 Å². The van der Waals surface area contributed by atoms with E-state index >= 15 is 0 Å². The summed E-state index contributed by atoms with van der Waals surface area (Å²) in [6.45, 7) is 15.3. The third-order valence-electron chi connectivity index (χ3n) is 3.95. The molecule has 16 heavy (non-hydrogen) atoms. The standard InChI is InChI=1S/C13H28O2Si/c1-8-13(14)9-16(6,7)15-11(10(13)2)12(3,4)5/h10-11,14H,8-9H2,1-7H3/t10-,11-,13-/m1/s1. The van der Waals surface area contributed by atoms with Crippen LogP contribution in [-0.4, -0.2) is 25.1 Å². The van der Waals surface area contributed by atoms with Crippen molar-refractivity contribution in [3.63, 3.8) is 0 Å². The molecule has 1 rings (SSSR count). The third kappa shape index (κ3) is 2.69. The zero-order valence-electron chi connectivity index (χ0n) is 11.9. The van der Waals surface area contributed by atoms with Crippen LogP contribution >= 0.6 is 0 Å². The van der Waals surface area contributed by atoms with Gasteiger partial charge in [0.25, 0.3) is 0 Å². The van der Waals surface area contributed by atoms with E-state index in [4.69, 9.17) is 4.43 Å². The highest BCUT2D eigenvalue weighted by molar-refractivity contribution is 6.71. The smallest absolute Gasteiger partial charge is 0.190 e. The van der Waals surface area contributed by atoms with Gasteiger partial charge in [-0.3, -0.25) is 0 Å². The topological polar surface area (TPSA) is 29.5 Å². The van der Waals surface area contributed by atoms with E-state index in [2.05, 4.69) is 47.7 Å².